The lowest BCUT2D eigenvalue weighted by Gasteiger charge is -2.30. The van der Waals surface area contributed by atoms with E-state index in [9.17, 15) is 4.79 Å². The lowest BCUT2D eigenvalue weighted by atomic mass is 10.0. The highest BCUT2D eigenvalue weighted by Gasteiger charge is 2.33. The van der Waals surface area contributed by atoms with Crippen molar-refractivity contribution in [3.8, 4) is 0 Å². The smallest absolute Gasteiger partial charge is 0.311 e. The predicted octanol–water partition coefficient (Wildman–Crippen LogP) is 0.106. The minimum absolute atomic E-state index is 0.0764. The predicted molar refractivity (Wildman–Crippen MR) is 26.5 cm³/mol. The highest BCUT2D eigenvalue weighted by Crippen LogP contribution is 2.18. The van der Waals surface area contributed by atoms with Crippen molar-refractivity contribution in [3.63, 3.8) is 0 Å². The Labute approximate surface area is 47.3 Å². The number of carbonyl (C=O) groups is 1. The van der Waals surface area contributed by atoms with Gasteiger partial charge >= 0.3 is 5.97 Å². The number of aliphatic carboxylic acids is 1. The second-order valence-corrected chi connectivity index (χ2v) is 1.98. The molecular weight excluding hydrogens is 108 g/mol. The molecule has 0 amide bonds. The summed E-state index contributed by atoms with van der Waals surface area (Å²) < 4.78 is 4.82. The third kappa shape index (κ3) is 0.690. The van der Waals surface area contributed by atoms with E-state index in [1.54, 1.807) is 6.92 Å². The Bertz CT molecular complexity index is 110. The molecule has 1 aliphatic rings. The second kappa shape index (κ2) is 1.74. The summed E-state index contributed by atoms with van der Waals surface area (Å²) in [5.41, 5.74) is 0. The average Bonchev–Trinajstić information content (AvgIpc) is 1.61. The van der Waals surface area contributed by atoms with E-state index in [0.717, 1.165) is 0 Å². The Morgan fingerprint density at radius 2 is 2.50 bits per heavy atom. The fraction of sp³-hybridized carbons (Fsp3) is 0.800. The molecule has 0 radical (unpaired) electrons. The van der Waals surface area contributed by atoms with Gasteiger partial charge in [-0.25, -0.2) is 0 Å². The monoisotopic (exact) mass is 116 g/mol. The molecule has 1 aliphatic heterocycles. The molecule has 2 unspecified atom stereocenters. The first-order valence-corrected chi connectivity index (χ1v) is 2.56. The molecule has 0 aromatic carbocycles. The van der Waals surface area contributed by atoms with Gasteiger partial charge in [0.15, 0.2) is 0 Å². The van der Waals surface area contributed by atoms with E-state index >= 15 is 0 Å². The normalized spacial score (nSPS) is 36.1. The van der Waals surface area contributed by atoms with Crippen molar-refractivity contribution in [2.45, 2.75) is 13.0 Å². The first-order valence-electron chi connectivity index (χ1n) is 2.56. The summed E-state index contributed by atoms with van der Waals surface area (Å²) in [4.78, 5) is 10.1. The van der Waals surface area contributed by atoms with E-state index in [-0.39, 0.29) is 12.0 Å². The standard InChI is InChI=1S/C5H8O3/c1-3-4(2-8-3)5(6)7/h3-4H,2H2,1H3,(H,6,7). The maximum atomic E-state index is 10.1. The maximum absolute atomic E-state index is 10.1. The van der Waals surface area contributed by atoms with Crippen LogP contribution in [0.15, 0.2) is 0 Å². The molecule has 1 rings (SSSR count). The molecule has 3 nitrogen and oxygen atoms in total. The highest BCUT2D eigenvalue weighted by molar-refractivity contribution is 5.71. The summed E-state index contributed by atoms with van der Waals surface area (Å²) in [5, 5.41) is 8.32. The van der Waals surface area contributed by atoms with Gasteiger partial charge in [-0.1, -0.05) is 0 Å². The summed E-state index contributed by atoms with van der Waals surface area (Å²) in [5.74, 6) is -1.00. The Morgan fingerprint density at radius 3 is 2.50 bits per heavy atom. The lowest BCUT2D eigenvalue weighted by molar-refractivity contribution is -0.169. The Hall–Kier alpha value is -0.570. The van der Waals surface area contributed by atoms with Crippen LogP contribution in [0.1, 0.15) is 6.92 Å². The second-order valence-electron chi connectivity index (χ2n) is 1.98. The largest absolute Gasteiger partial charge is 0.481 e. The Morgan fingerprint density at radius 1 is 1.88 bits per heavy atom. The van der Waals surface area contributed by atoms with E-state index in [1.807, 2.05) is 0 Å². The van der Waals surface area contributed by atoms with Gasteiger partial charge < -0.3 is 9.84 Å². The van der Waals surface area contributed by atoms with Crippen molar-refractivity contribution in [2.75, 3.05) is 6.61 Å². The number of rotatable bonds is 1. The number of hydrogen-bond acceptors (Lipinski definition) is 2. The quantitative estimate of drug-likeness (QED) is 0.528. The van der Waals surface area contributed by atoms with E-state index in [0.29, 0.717) is 6.61 Å². The van der Waals surface area contributed by atoms with Gasteiger partial charge in [0, 0.05) is 0 Å². The number of carboxylic acid groups (broad SMARTS) is 1. The number of carboxylic acids is 1. The van der Waals surface area contributed by atoms with Crippen molar-refractivity contribution in [3.05, 3.63) is 0 Å². The molecular formula is C5H8O3. The maximum Gasteiger partial charge on any atom is 0.311 e. The van der Waals surface area contributed by atoms with E-state index in [4.69, 9.17) is 9.84 Å². The molecule has 1 saturated heterocycles. The number of ether oxygens (including phenoxy) is 1. The van der Waals surface area contributed by atoms with Gasteiger partial charge in [-0.2, -0.15) is 0 Å². The topological polar surface area (TPSA) is 46.5 Å². The third-order valence-corrected chi connectivity index (χ3v) is 1.42. The van der Waals surface area contributed by atoms with Crippen LogP contribution in [0.3, 0.4) is 0 Å². The summed E-state index contributed by atoms with van der Waals surface area (Å²) >= 11 is 0. The van der Waals surface area contributed by atoms with Crippen LogP contribution in [0.2, 0.25) is 0 Å². The summed E-state index contributed by atoms with van der Waals surface area (Å²) in [7, 11) is 0. The minimum Gasteiger partial charge on any atom is -0.481 e. The molecule has 46 valence electrons. The fourth-order valence-electron chi connectivity index (χ4n) is 0.657. The lowest BCUT2D eigenvalue weighted by Crippen LogP contribution is -2.42. The van der Waals surface area contributed by atoms with Gasteiger partial charge in [0.25, 0.3) is 0 Å². The highest BCUT2D eigenvalue weighted by atomic mass is 16.5. The zero-order chi connectivity index (χ0) is 6.15. The molecule has 1 heterocycles. The van der Waals surface area contributed by atoms with E-state index in [2.05, 4.69) is 0 Å². The molecule has 0 aliphatic carbocycles. The van der Waals surface area contributed by atoms with Crippen LogP contribution >= 0.6 is 0 Å². The molecule has 0 aromatic rings. The third-order valence-electron chi connectivity index (χ3n) is 1.42. The number of hydrogen-bond donors (Lipinski definition) is 1. The zero-order valence-electron chi connectivity index (χ0n) is 4.63. The van der Waals surface area contributed by atoms with Crippen LogP contribution in [0.4, 0.5) is 0 Å². The van der Waals surface area contributed by atoms with Crippen LogP contribution in [0.25, 0.3) is 0 Å². The van der Waals surface area contributed by atoms with Gasteiger partial charge in [-0.15, -0.1) is 0 Å². The van der Waals surface area contributed by atoms with Crippen molar-refractivity contribution in [2.24, 2.45) is 5.92 Å². The van der Waals surface area contributed by atoms with Crippen LogP contribution in [-0.4, -0.2) is 23.8 Å². The van der Waals surface area contributed by atoms with Crippen LogP contribution in [0.5, 0.6) is 0 Å². The first-order chi connectivity index (χ1) is 3.72. The summed E-state index contributed by atoms with van der Waals surface area (Å²) in [6.45, 7) is 2.15. The van der Waals surface area contributed by atoms with Crippen molar-refractivity contribution in [1.29, 1.82) is 0 Å². The molecule has 1 fully saturated rings. The molecule has 0 saturated carbocycles. The van der Waals surface area contributed by atoms with Crippen molar-refractivity contribution < 1.29 is 14.6 Å². The molecule has 0 spiro atoms. The van der Waals surface area contributed by atoms with Gasteiger partial charge in [0.05, 0.1) is 12.7 Å². The van der Waals surface area contributed by atoms with E-state index < -0.39 is 5.97 Å². The molecule has 3 heteroatoms. The molecule has 2 atom stereocenters. The van der Waals surface area contributed by atoms with Gasteiger partial charge in [0.1, 0.15) is 5.92 Å². The molecule has 1 N–H and O–H groups in total. The summed E-state index contributed by atoms with van der Waals surface area (Å²) in [6.07, 6.45) is -0.0764. The average molecular weight is 116 g/mol. The van der Waals surface area contributed by atoms with E-state index in [1.165, 1.54) is 0 Å². The fourth-order valence-corrected chi connectivity index (χ4v) is 0.657. The molecule has 0 aromatic heterocycles. The van der Waals surface area contributed by atoms with Gasteiger partial charge in [-0.05, 0) is 6.92 Å². The Kier molecular flexibility index (Phi) is 1.21. The van der Waals surface area contributed by atoms with Crippen LogP contribution in [0, 0.1) is 5.92 Å². The van der Waals surface area contributed by atoms with Crippen LogP contribution in [-0.2, 0) is 9.53 Å². The SMILES string of the molecule is CC1OCC1C(=O)O. The first kappa shape index (κ1) is 5.56. The van der Waals surface area contributed by atoms with Crippen molar-refractivity contribution >= 4 is 5.97 Å². The van der Waals surface area contributed by atoms with Crippen LogP contribution < -0.4 is 0 Å². The summed E-state index contributed by atoms with van der Waals surface area (Å²) in [6, 6.07) is 0. The van der Waals surface area contributed by atoms with Gasteiger partial charge in [0.2, 0.25) is 0 Å². The Balaban J connectivity index is 2.37. The van der Waals surface area contributed by atoms with Crippen molar-refractivity contribution in [1.82, 2.24) is 0 Å². The zero-order valence-corrected chi connectivity index (χ0v) is 4.63. The minimum atomic E-state index is -0.747. The van der Waals surface area contributed by atoms with Gasteiger partial charge in [-0.3, -0.25) is 4.79 Å². The molecule has 0 bridgehead atoms. The molecule has 8 heavy (non-hydrogen) atoms.